The topological polar surface area (TPSA) is 32.3 Å². The average molecular weight is 192 g/mol. The summed E-state index contributed by atoms with van der Waals surface area (Å²) in [6.07, 6.45) is 1.01. The largest absolute Gasteiger partial charge is 0.277 e. The lowest BCUT2D eigenvalue weighted by Gasteiger charge is -2.17. The van der Waals surface area contributed by atoms with E-state index in [1.54, 1.807) is 7.05 Å². The number of hydrazine groups is 1. The Labute approximate surface area is 84.7 Å². The molecule has 0 bridgehead atoms. The monoisotopic (exact) mass is 192 g/mol. The van der Waals surface area contributed by atoms with Crippen molar-refractivity contribution in [2.24, 2.45) is 0 Å². The van der Waals surface area contributed by atoms with Crippen LogP contribution in [0.5, 0.6) is 0 Å². The summed E-state index contributed by atoms with van der Waals surface area (Å²) in [6, 6.07) is 9.25. The van der Waals surface area contributed by atoms with Gasteiger partial charge in [-0.2, -0.15) is 0 Å². The number of nitrogens with one attached hydrogen (secondary N) is 1. The summed E-state index contributed by atoms with van der Waals surface area (Å²) in [6.45, 7) is 2.88. The smallest absolute Gasteiger partial charge is 0.267 e. The number of hydrogen-bond acceptors (Lipinski definition) is 2. The van der Waals surface area contributed by atoms with Gasteiger partial charge in [0.15, 0.2) is 0 Å². The minimum absolute atomic E-state index is 0.000880. The fourth-order valence-corrected chi connectivity index (χ4v) is 1.13. The summed E-state index contributed by atoms with van der Waals surface area (Å²) in [5.41, 5.74) is 3.72. The Hall–Kier alpha value is -1.35. The highest BCUT2D eigenvalue weighted by Gasteiger charge is 2.09. The maximum atomic E-state index is 11.7. The van der Waals surface area contributed by atoms with Gasteiger partial charge in [-0.25, -0.2) is 5.43 Å². The molecule has 0 atom stereocenters. The van der Waals surface area contributed by atoms with Crippen molar-refractivity contribution >= 4 is 5.91 Å². The third kappa shape index (κ3) is 2.85. The molecule has 0 fully saturated rings. The second kappa shape index (κ2) is 5.40. The van der Waals surface area contributed by atoms with Crippen LogP contribution in [0.15, 0.2) is 30.3 Å². The van der Waals surface area contributed by atoms with Gasteiger partial charge in [-0.1, -0.05) is 25.1 Å². The molecule has 0 radical (unpaired) electrons. The van der Waals surface area contributed by atoms with Crippen LogP contribution in [0, 0.1) is 0 Å². The molecule has 76 valence electrons. The third-order valence-electron chi connectivity index (χ3n) is 1.92. The van der Waals surface area contributed by atoms with Gasteiger partial charge in [0.05, 0.1) is 0 Å². The van der Waals surface area contributed by atoms with E-state index in [4.69, 9.17) is 0 Å². The van der Waals surface area contributed by atoms with E-state index < -0.39 is 0 Å². The number of hydrogen-bond donors (Lipinski definition) is 1. The minimum atomic E-state index is -0.000880. The molecule has 0 aliphatic rings. The van der Waals surface area contributed by atoms with Gasteiger partial charge in [0.2, 0.25) is 0 Å². The predicted molar refractivity (Wildman–Crippen MR) is 56.8 cm³/mol. The lowest BCUT2D eigenvalue weighted by molar-refractivity contribution is 0.0717. The first-order chi connectivity index (χ1) is 6.75. The van der Waals surface area contributed by atoms with E-state index in [0.717, 1.165) is 13.0 Å². The fourth-order valence-electron chi connectivity index (χ4n) is 1.13. The van der Waals surface area contributed by atoms with Gasteiger partial charge in [0, 0.05) is 19.2 Å². The molecule has 0 spiro atoms. The number of carbonyl (C=O) groups excluding carboxylic acids is 1. The Morgan fingerprint density at radius 2 is 2.00 bits per heavy atom. The van der Waals surface area contributed by atoms with Gasteiger partial charge in [0.1, 0.15) is 0 Å². The second-order valence-corrected chi connectivity index (χ2v) is 3.14. The van der Waals surface area contributed by atoms with Gasteiger partial charge in [-0.3, -0.25) is 9.80 Å². The van der Waals surface area contributed by atoms with Crippen LogP contribution in [0.25, 0.3) is 0 Å². The molecule has 0 saturated heterocycles. The first kappa shape index (κ1) is 10.7. The minimum Gasteiger partial charge on any atom is -0.277 e. The lowest BCUT2D eigenvalue weighted by atomic mass is 10.2. The number of nitrogens with zero attached hydrogens (tertiary/aromatic N) is 1. The van der Waals surface area contributed by atoms with E-state index >= 15 is 0 Å². The zero-order chi connectivity index (χ0) is 10.4. The van der Waals surface area contributed by atoms with E-state index in [1.165, 1.54) is 5.01 Å². The Morgan fingerprint density at radius 3 is 2.57 bits per heavy atom. The molecule has 1 N–H and O–H groups in total. The van der Waals surface area contributed by atoms with Crippen LogP contribution in [0.1, 0.15) is 23.7 Å². The van der Waals surface area contributed by atoms with Crippen molar-refractivity contribution < 1.29 is 4.79 Å². The molecular formula is C11H16N2O. The van der Waals surface area contributed by atoms with Gasteiger partial charge >= 0.3 is 0 Å². The van der Waals surface area contributed by atoms with Crippen molar-refractivity contribution in [3.05, 3.63) is 35.9 Å². The molecule has 0 aliphatic carbocycles. The van der Waals surface area contributed by atoms with Crippen molar-refractivity contribution in [2.75, 3.05) is 13.6 Å². The molecule has 1 rings (SSSR count). The highest BCUT2D eigenvalue weighted by molar-refractivity contribution is 5.93. The number of carbonyl (C=O) groups is 1. The van der Waals surface area contributed by atoms with Gasteiger partial charge < -0.3 is 0 Å². The third-order valence-corrected chi connectivity index (χ3v) is 1.92. The summed E-state index contributed by atoms with van der Waals surface area (Å²) in [7, 11) is 1.74. The quantitative estimate of drug-likeness (QED) is 0.736. The first-order valence-electron chi connectivity index (χ1n) is 4.82. The van der Waals surface area contributed by atoms with Gasteiger partial charge in [-0.15, -0.1) is 0 Å². The fraction of sp³-hybridized carbons (Fsp3) is 0.364. The maximum Gasteiger partial charge on any atom is 0.267 e. The Balaban J connectivity index is 2.57. The molecule has 0 unspecified atom stereocenters. The Morgan fingerprint density at radius 1 is 1.36 bits per heavy atom. The van der Waals surface area contributed by atoms with E-state index in [9.17, 15) is 4.79 Å². The molecule has 0 heterocycles. The molecule has 0 saturated carbocycles. The Kier molecular flexibility index (Phi) is 4.13. The predicted octanol–water partition coefficient (Wildman–Crippen LogP) is 1.67. The SMILES string of the molecule is CCCNN(C)C(=O)c1ccccc1. The molecule has 3 nitrogen and oxygen atoms in total. The van der Waals surface area contributed by atoms with Crippen LogP contribution in [-0.2, 0) is 0 Å². The van der Waals surface area contributed by atoms with Crippen molar-refractivity contribution in [3.63, 3.8) is 0 Å². The summed E-state index contributed by atoms with van der Waals surface area (Å²) in [4.78, 5) is 11.7. The second-order valence-electron chi connectivity index (χ2n) is 3.14. The molecule has 0 aliphatic heterocycles. The molecule has 1 aromatic carbocycles. The molecule has 0 aromatic heterocycles. The van der Waals surface area contributed by atoms with Crippen LogP contribution >= 0.6 is 0 Å². The Bertz CT molecular complexity index is 285. The number of rotatable bonds is 4. The summed E-state index contributed by atoms with van der Waals surface area (Å²) in [5, 5.41) is 1.53. The lowest BCUT2D eigenvalue weighted by Crippen LogP contribution is -2.39. The van der Waals surface area contributed by atoms with Crippen molar-refractivity contribution in [1.29, 1.82) is 0 Å². The standard InChI is InChI=1S/C11H16N2O/c1-3-9-12-13(2)11(14)10-7-5-4-6-8-10/h4-8,12H,3,9H2,1-2H3. The number of amides is 1. The zero-order valence-electron chi connectivity index (χ0n) is 8.66. The highest BCUT2D eigenvalue weighted by Crippen LogP contribution is 2.00. The average Bonchev–Trinajstić information content (AvgIpc) is 2.26. The maximum absolute atomic E-state index is 11.7. The first-order valence-corrected chi connectivity index (χ1v) is 4.82. The summed E-state index contributed by atoms with van der Waals surface area (Å²) >= 11 is 0. The normalized spacial score (nSPS) is 9.86. The van der Waals surface area contributed by atoms with Crippen molar-refractivity contribution in [2.45, 2.75) is 13.3 Å². The van der Waals surface area contributed by atoms with Gasteiger partial charge in [-0.05, 0) is 18.6 Å². The van der Waals surface area contributed by atoms with Gasteiger partial charge in [0.25, 0.3) is 5.91 Å². The van der Waals surface area contributed by atoms with E-state index in [0.29, 0.717) is 5.56 Å². The number of benzene rings is 1. The molecule has 1 aromatic rings. The van der Waals surface area contributed by atoms with Crippen molar-refractivity contribution in [3.8, 4) is 0 Å². The van der Waals surface area contributed by atoms with Crippen molar-refractivity contribution in [1.82, 2.24) is 10.4 Å². The zero-order valence-corrected chi connectivity index (χ0v) is 8.66. The molecular weight excluding hydrogens is 176 g/mol. The van der Waals surface area contributed by atoms with E-state index in [1.807, 2.05) is 30.3 Å². The van der Waals surface area contributed by atoms with Crippen LogP contribution < -0.4 is 5.43 Å². The van der Waals surface area contributed by atoms with Crippen LogP contribution in [-0.4, -0.2) is 24.5 Å². The van der Waals surface area contributed by atoms with Crippen LogP contribution in [0.3, 0.4) is 0 Å². The van der Waals surface area contributed by atoms with E-state index in [-0.39, 0.29) is 5.91 Å². The molecule has 3 heteroatoms. The van der Waals surface area contributed by atoms with E-state index in [2.05, 4.69) is 12.3 Å². The molecule has 14 heavy (non-hydrogen) atoms. The summed E-state index contributed by atoms with van der Waals surface area (Å²) < 4.78 is 0. The summed E-state index contributed by atoms with van der Waals surface area (Å²) in [5.74, 6) is -0.000880. The van der Waals surface area contributed by atoms with Crippen LogP contribution in [0.4, 0.5) is 0 Å². The highest BCUT2D eigenvalue weighted by atomic mass is 16.2. The molecule has 1 amide bonds. The van der Waals surface area contributed by atoms with Crippen LogP contribution in [0.2, 0.25) is 0 Å².